The molecule has 0 fully saturated rings. The molecular formula is C20H22N2O5S. The molecular weight excluding hydrogens is 380 g/mol. The number of esters is 1. The van der Waals surface area contributed by atoms with Crippen LogP contribution in [0.2, 0.25) is 0 Å². The van der Waals surface area contributed by atoms with Crippen LogP contribution in [-0.2, 0) is 22.4 Å². The van der Waals surface area contributed by atoms with Gasteiger partial charge in [0.05, 0.1) is 5.56 Å². The van der Waals surface area contributed by atoms with E-state index in [4.69, 9.17) is 10.5 Å². The smallest absolute Gasteiger partial charge is 0.342 e. The molecule has 0 saturated heterocycles. The zero-order valence-corrected chi connectivity index (χ0v) is 16.5. The first-order valence-corrected chi connectivity index (χ1v) is 9.79. The van der Waals surface area contributed by atoms with E-state index < -0.39 is 24.4 Å². The van der Waals surface area contributed by atoms with Crippen molar-refractivity contribution in [2.75, 3.05) is 11.9 Å². The Morgan fingerprint density at radius 3 is 2.82 bits per heavy atom. The van der Waals surface area contributed by atoms with Crippen LogP contribution in [0.15, 0.2) is 18.2 Å². The number of aromatic hydroxyl groups is 1. The molecule has 2 amide bonds. The fourth-order valence-electron chi connectivity index (χ4n) is 3.29. The maximum absolute atomic E-state index is 12.3. The molecule has 0 bridgehead atoms. The topological polar surface area (TPSA) is 119 Å². The summed E-state index contributed by atoms with van der Waals surface area (Å²) >= 11 is 1.34. The second-order valence-corrected chi connectivity index (χ2v) is 8.12. The van der Waals surface area contributed by atoms with E-state index in [2.05, 4.69) is 12.2 Å². The van der Waals surface area contributed by atoms with E-state index in [0.717, 1.165) is 29.7 Å². The third-order valence-electron chi connectivity index (χ3n) is 4.80. The van der Waals surface area contributed by atoms with Crippen LogP contribution < -0.4 is 11.1 Å². The second-order valence-electron chi connectivity index (χ2n) is 7.02. The SMILES string of the molecule is Cc1cccc(C(=O)OCC(=O)Nc2sc3c(c2C(N)=O)CC[C@@H](C)C3)c1O. The minimum absolute atomic E-state index is 0.00815. The van der Waals surface area contributed by atoms with Gasteiger partial charge in [-0.2, -0.15) is 0 Å². The Morgan fingerprint density at radius 1 is 1.36 bits per heavy atom. The normalized spacial score (nSPS) is 15.6. The molecule has 1 heterocycles. The number of hydrogen-bond acceptors (Lipinski definition) is 6. The standard InChI is InChI=1S/C20H22N2O5S/c1-10-6-7-12-14(8-10)28-19(16(12)18(21)25)22-15(23)9-27-20(26)13-5-3-4-11(2)17(13)24/h3-5,10,24H,6-9H2,1-2H3,(H2,21,25)(H,22,23)/t10-/m1/s1. The largest absolute Gasteiger partial charge is 0.507 e. The number of nitrogens with one attached hydrogen (secondary N) is 1. The number of ether oxygens (including phenoxy) is 1. The van der Waals surface area contributed by atoms with E-state index in [-0.39, 0.29) is 11.3 Å². The molecule has 4 N–H and O–H groups in total. The van der Waals surface area contributed by atoms with Crippen molar-refractivity contribution in [3.05, 3.63) is 45.3 Å². The highest BCUT2D eigenvalue weighted by Crippen LogP contribution is 2.39. The Bertz CT molecular complexity index is 950. The summed E-state index contributed by atoms with van der Waals surface area (Å²) < 4.78 is 4.99. The van der Waals surface area contributed by atoms with Crippen molar-refractivity contribution in [3.8, 4) is 5.75 Å². The van der Waals surface area contributed by atoms with Crippen LogP contribution in [0.5, 0.6) is 5.75 Å². The molecule has 8 heteroatoms. The van der Waals surface area contributed by atoms with Gasteiger partial charge in [-0.25, -0.2) is 4.79 Å². The zero-order valence-electron chi connectivity index (χ0n) is 15.7. The van der Waals surface area contributed by atoms with Crippen LogP contribution in [0.25, 0.3) is 0 Å². The molecule has 1 aliphatic carbocycles. The summed E-state index contributed by atoms with van der Waals surface area (Å²) in [5.74, 6) is -1.62. The van der Waals surface area contributed by atoms with E-state index in [0.29, 0.717) is 22.0 Å². The minimum atomic E-state index is -0.800. The van der Waals surface area contributed by atoms with Gasteiger partial charge in [0.25, 0.3) is 11.8 Å². The number of carbonyl (C=O) groups is 3. The van der Waals surface area contributed by atoms with Crippen molar-refractivity contribution in [1.29, 1.82) is 0 Å². The highest BCUT2D eigenvalue weighted by Gasteiger charge is 2.27. The van der Waals surface area contributed by atoms with Crippen LogP contribution in [-0.4, -0.2) is 29.5 Å². The van der Waals surface area contributed by atoms with Gasteiger partial charge in [-0.15, -0.1) is 11.3 Å². The highest BCUT2D eigenvalue weighted by molar-refractivity contribution is 7.17. The minimum Gasteiger partial charge on any atom is -0.507 e. The summed E-state index contributed by atoms with van der Waals surface area (Å²) in [6.07, 6.45) is 2.57. The summed E-state index contributed by atoms with van der Waals surface area (Å²) in [4.78, 5) is 37.3. The van der Waals surface area contributed by atoms with E-state index in [1.807, 2.05) is 0 Å². The quantitative estimate of drug-likeness (QED) is 0.665. The van der Waals surface area contributed by atoms with Crippen LogP contribution in [0.4, 0.5) is 5.00 Å². The van der Waals surface area contributed by atoms with E-state index in [1.165, 1.54) is 17.4 Å². The molecule has 148 valence electrons. The molecule has 0 aliphatic heterocycles. The summed E-state index contributed by atoms with van der Waals surface area (Å²) in [5.41, 5.74) is 7.31. The van der Waals surface area contributed by atoms with Crippen molar-refractivity contribution in [2.45, 2.75) is 33.1 Å². The van der Waals surface area contributed by atoms with Gasteiger partial charge in [-0.05, 0) is 49.3 Å². The van der Waals surface area contributed by atoms with Crippen molar-refractivity contribution in [1.82, 2.24) is 0 Å². The number of hydrogen-bond donors (Lipinski definition) is 3. The second kappa shape index (κ2) is 8.02. The zero-order chi connectivity index (χ0) is 20.4. The molecule has 7 nitrogen and oxygen atoms in total. The highest BCUT2D eigenvalue weighted by atomic mass is 32.1. The van der Waals surface area contributed by atoms with E-state index in [9.17, 15) is 19.5 Å². The van der Waals surface area contributed by atoms with Crippen molar-refractivity contribution >= 4 is 34.1 Å². The average Bonchev–Trinajstić information content (AvgIpc) is 2.98. The summed E-state index contributed by atoms with van der Waals surface area (Å²) in [6, 6.07) is 4.69. The first-order valence-electron chi connectivity index (χ1n) is 8.97. The molecule has 0 saturated carbocycles. The summed E-state index contributed by atoms with van der Waals surface area (Å²) in [6.45, 7) is 3.26. The van der Waals surface area contributed by atoms with Crippen LogP contribution in [0.1, 0.15) is 50.1 Å². The van der Waals surface area contributed by atoms with Crippen LogP contribution in [0.3, 0.4) is 0 Å². The van der Waals surface area contributed by atoms with Crippen LogP contribution in [0, 0.1) is 12.8 Å². The number of thiophene rings is 1. The molecule has 1 aromatic carbocycles. The molecule has 0 radical (unpaired) electrons. The van der Waals surface area contributed by atoms with Gasteiger partial charge < -0.3 is 20.9 Å². The molecule has 0 unspecified atom stereocenters. The number of nitrogens with two attached hydrogens (primary N) is 1. The number of rotatable bonds is 5. The van der Waals surface area contributed by atoms with Gasteiger partial charge in [0.1, 0.15) is 16.3 Å². The predicted molar refractivity (Wildman–Crippen MR) is 106 cm³/mol. The number of primary amides is 1. The van der Waals surface area contributed by atoms with Gasteiger partial charge in [0.15, 0.2) is 6.61 Å². The maximum atomic E-state index is 12.3. The third kappa shape index (κ3) is 4.01. The first kappa shape index (κ1) is 19.9. The summed E-state index contributed by atoms with van der Waals surface area (Å²) in [7, 11) is 0. The molecule has 0 spiro atoms. The molecule has 2 aromatic rings. The van der Waals surface area contributed by atoms with Gasteiger partial charge >= 0.3 is 5.97 Å². The van der Waals surface area contributed by atoms with Gasteiger partial charge in [-0.1, -0.05) is 19.1 Å². The lowest BCUT2D eigenvalue weighted by Crippen LogP contribution is -2.23. The summed E-state index contributed by atoms with van der Waals surface area (Å²) in [5, 5.41) is 13.0. The van der Waals surface area contributed by atoms with Crippen LogP contribution >= 0.6 is 11.3 Å². The number of para-hydroxylation sites is 1. The molecule has 3 rings (SSSR count). The number of carbonyl (C=O) groups excluding carboxylic acids is 3. The van der Waals surface area contributed by atoms with E-state index >= 15 is 0 Å². The van der Waals surface area contributed by atoms with Crippen molar-refractivity contribution in [2.24, 2.45) is 11.7 Å². The Hall–Kier alpha value is -2.87. The van der Waals surface area contributed by atoms with Gasteiger partial charge in [0, 0.05) is 4.88 Å². The molecule has 28 heavy (non-hydrogen) atoms. The Kier molecular flexibility index (Phi) is 5.69. The predicted octanol–water partition coefficient (Wildman–Crippen LogP) is 2.78. The van der Waals surface area contributed by atoms with Crippen molar-refractivity contribution in [3.63, 3.8) is 0 Å². The fraction of sp³-hybridized carbons (Fsp3) is 0.350. The number of phenols is 1. The maximum Gasteiger partial charge on any atom is 0.342 e. The molecule has 1 aliphatic rings. The number of fused-ring (bicyclic) bond motifs is 1. The Labute approximate surface area is 166 Å². The number of amides is 2. The number of benzene rings is 1. The van der Waals surface area contributed by atoms with Crippen molar-refractivity contribution < 1.29 is 24.2 Å². The molecule has 1 aromatic heterocycles. The number of anilines is 1. The monoisotopic (exact) mass is 402 g/mol. The lowest BCUT2D eigenvalue weighted by Gasteiger charge is -2.18. The average molecular weight is 402 g/mol. The Balaban J connectivity index is 1.69. The van der Waals surface area contributed by atoms with Gasteiger partial charge in [0.2, 0.25) is 0 Å². The Morgan fingerprint density at radius 2 is 2.11 bits per heavy atom. The lowest BCUT2D eigenvalue weighted by atomic mass is 9.88. The first-order chi connectivity index (χ1) is 13.3. The number of aryl methyl sites for hydroxylation is 1. The lowest BCUT2D eigenvalue weighted by molar-refractivity contribution is -0.119. The molecule has 1 atom stereocenters. The van der Waals surface area contributed by atoms with Gasteiger partial charge in [-0.3, -0.25) is 9.59 Å². The fourth-order valence-corrected chi connectivity index (χ4v) is 4.73. The van der Waals surface area contributed by atoms with E-state index in [1.54, 1.807) is 19.1 Å². The number of phenolic OH excluding ortho intramolecular Hbond substituents is 1. The third-order valence-corrected chi connectivity index (χ3v) is 5.97.